The zero-order chi connectivity index (χ0) is 9.94. The highest BCUT2D eigenvalue weighted by atomic mass is 28.3. The number of nitrogens with two attached hydrogens (primary N) is 1. The monoisotopic (exact) mass is 191 g/mol. The summed E-state index contributed by atoms with van der Waals surface area (Å²) in [4.78, 5) is 10.5. The maximum Gasteiger partial charge on any atom is 0.320 e. The summed E-state index contributed by atoms with van der Waals surface area (Å²) in [6.45, 7) is 5.85. The number of carboxylic acids is 1. The van der Waals surface area contributed by atoms with Gasteiger partial charge in [0.05, 0.1) is 8.07 Å². The normalized spacial score (nSPS) is 17.1. The van der Waals surface area contributed by atoms with Crippen LogP contribution in [-0.4, -0.2) is 36.9 Å². The maximum atomic E-state index is 10.5. The smallest absolute Gasteiger partial charge is 0.320 e. The Bertz CT molecular complexity index is 167. The van der Waals surface area contributed by atoms with E-state index in [-0.39, 0.29) is 12.1 Å². The Kier molecular flexibility index (Phi) is 3.89. The predicted octanol–water partition coefficient (Wildman–Crippen LogP) is 0.0990. The van der Waals surface area contributed by atoms with Gasteiger partial charge in [-0.2, -0.15) is 0 Å². The van der Waals surface area contributed by atoms with Crippen LogP contribution in [0.4, 0.5) is 0 Å². The van der Waals surface area contributed by atoms with Crippen molar-refractivity contribution < 1.29 is 15.0 Å². The van der Waals surface area contributed by atoms with Gasteiger partial charge in [0, 0.05) is 12.1 Å². The third-order valence-electron chi connectivity index (χ3n) is 2.03. The maximum absolute atomic E-state index is 10.5. The quantitative estimate of drug-likeness (QED) is 0.550. The van der Waals surface area contributed by atoms with Gasteiger partial charge in [-0.3, -0.25) is 4.79 Å². The molecule has 0 saturated carbocycles. The molecule has 0 aromatic heterocycles. The van der Waals surface area contributed by atoms with Gasteiger partial charge >= 0.3 is 5.97 Å². The van der Waals surface area contributed by atoms with E-state index in [0.29, 0.717) is 0 Å². The fraction of sp³-hybridized carbons (Fsp3) is 0.857. The Hall–Kier alpha value is -0.393. The Morgan fingerprint density at radius 3 is 2.00 bits per heavy atom. The molecule has 1 unspecified atom stereocenters. The van der Waals surface area contributed by atoms with Crippen molar-refractivity contribution in [1.82, 2.24) is 0 Å². The van der Waals surface area contributed by atoms with Crippen molar-refractivity contribution in [2.75, 3.05) is 6.61 Å². The van der Waals surface area contributed by atoms with Crippen LogP contribution in [0, 0.1) is 0 Å². The van der Waals surface area contributed by atoms with Crippen LogP contribution < -0.4 is 5.73 Å². The fourth-order valence-corrected chi connectivity index (χ4v) is 2.87. The third kappa shape index (κ3) is 2.92. The lowest BCUT2D eigenvalue weighted by Crippen LogP contribution is -2.47. The first kappa shape index (κ1) is 11.6. The lowest BCUT2D eigenvalue weighted by molar-refractivity contribution is -0.138. The second-order valence-corrected chi connectivity index (χ2v) is 9.49. The Labute approximate surface area is 73.4 Å². The van der Waals surface area contributed by atoms with E-state index in [1.165, 1.54) is 0 Å². The van der Waals surface area contributed by atoms with Crippen molar-refractivity contribution in [2.45, 2.75) is 31.2 Å². The number of hydrogen-bond donors (Lipinski definition) is 3. The first-order valence-corrected chi connectivity index (χ1v) is 7.47. The van der Waals surface area contributed by atoms with Crippen molar-refractivity contribution in [3.63, 3.8) is 0 Å². The zero-order valence-electron chi connectivity index (χ0n) is 7.74. The summed E-state index contributed by atoms with van der Waals surface area (Å²) in [7, 11) is -1.67. The Morgan fingerprint density at radius 1 is 1.50 bits per heavy atom. The molecule has 0 heterocycles. The van der Waals surface area contributed by atoms with Gasteiger partial charge < -0.3 is 15.9 Å². The molecule has 0 spiro atoms. The number of carbonyl (C=O) groups is 1. The molecule has 0 rings (SSSR count). The molecule has 72 valence electrons. The van der Waals surface area contributed by atoms with Crippen molar-refractivity contribution in [2.24, 2.45) is 5.73 Å². The van der Waals surface area contributed by atoms with Crippen LogP contribution in [0.15, 0.2) is 0 Å². The third-order valence-corrected chi connectivity index (χ3v) is 4.79. The number of carboxylic acid groups (broad SMARTS) is 1. The molecule has 0 aliphatic heterocycles. The van der Waals surface area contributed by atoms with Crippen LogP contribution in [0.2, 0.25) is 25.2 Å². The van der Waals surface area contributed by atoms with Gasteiger partial charge in [-0.05, 0) is 0 Å². The molecule has 4 N–H and O–H groups in total. The van der Waals surface area contributed by atoms with E-state index in [2.05, 4.69) is 0 Å². The summed E-state index contributed by atoms with van der Waals surface area (Å²) >= 11 is 0. The van der Waals surface area contributed by atoms with Crippen LogP contribution in [0.3, 0.4) is 0 Å². The highest BCUT2D eigenvalue weighted by Crippen LogP contribution is 2.23. The molecule has 0 saturated heterocycles. The molecular formula is C7H17NO3Si. The molecule has 0 aromatic rings. The van der Waals surface area contributed by atoms with Gasteiger partial charge in [0.15, 0.2) is 0 Å². The van der Waals surface area contributed by atoms with Crippen molar-refractivity contribution >= 4 is 14.0 Å². The SMILES string of the molecule is C[Si](C)(C)C(CO)[C@H](N)C(=O)O. The molecule has 5 heteroatoms. The van der Waals surface area contributed by atoms with E-state index in [4.69, 9.17) is 15.9 Å². The standard InChI is InChI=1S/C7H17NO3Si/c1-12(2,3)5(4-9)6(8)7(10)11/h5-6,9H,4,8H2,1-3H3,(H,10,11)/t5?,6-/m0/s1. The summed E-state index contributed by atoms with van der Waals surface area (Å²) < 4.78 is 0. The van der Waals surface area contributed by atoms with Crippen LogP contribution in [0.1, 0.15) is 0 Å². The molecule has 0 aliphatic rings. The van der Waals surface area contributed by atoms with E-state index in [0.717, 1.165) is 0 Å². The topological polar surface area (TPSA) is 83.5 Å². The second-order valence-electron chi connectivity index (χ2n) is 4.02. The first-order chi connectivity index (χ1) is 5.30. The number of rotatable bonds is 4. The minimum absolute atomic E-state index is 0.136. The molecule has 0 radical (unpaired) electrons. The Morgan fingerprint density at radius 2 is 1.92 bits per heavy atom. The number of aliphatic carboxylic acids is 1. The van der Waals surface area contributed by atoms with E-state index in [9.17, 15) is 4.79 Å². The molecule has 0 bridgehead atoms. The molecular weight excluding hydrogens is 174 g/mol. The lowest BCUT2D eigenvalue weighted by Gasteiger charge is -2.29. The minimum Gasteiger partial charge on any atom is -0.480 e. The van der Waals surface area contributed by atoms with E-state index >= 15 is 0 Å². The van der Waals surface area contributed by atoms with Gasteiger partial charge in [0.2, 0.25) is 0 Å². The van der Waals surface area contributed by atoms with Crippen LogP contribution in [-0.2, 0) is 4.79 Å². The lowest BCUT2D eigenvalue weighted by atomic mass is 10.2. The zero-order valence-corrected chi connectivity index (χ0v) is 8.74. The molecule has 0 amide bonds. The number of aliphatic hydroxyl groups is 1. The van der Waals surface area contributed by atoms with E-state index in [1.54, 1.807) is 0 Å². The molecule has 0 fully saturated rings. The average molecular weight is 191 g/mol. The fourth-order valence-electron chi connectivity index (χ4n) is 1.10. The molecule has 0 aliphatic carbocycles. The predicted molar refractivity (Wildman–Crippen MR) is 49.8 cm³/mol. The van der Waals surface area contributed by atoms with Gasteiger partial charge in [-0.15, -0.1) is 0 Å². The van der Waals surface area contributed by atoms with Crippen LogP contribution in [0.5, 0.6) is 0 Å². The van der Waals surface area contributed by atoms with Gasteiger partial charge in [0.1, 0.15) is 6.04 Å². The van der Waals surface area contributed by atoms with Gasteiger partial charge in [0.25, 0.3) is 0 Å². The van der Waals surface area contributed by atoms with E-state index in [1.807, 2.05) is 19.6 Å². The van der Waals surface area contributed by atoms with Gasteiger partial charge in [-0.25, -0.2) is 0 Å². The van der Waals surface area contributed by atoms with Gasteiger partial charge in [-0.1, -0.05) is 19.6 Å². The molecule has 2 atom stereocenters. The summed E-state index contributed by atoms with van der Waals surface area (Å²) in [6.07, 6.45) is 0. The van der Waals surface area contributed by atoms with Crippen molar-refractivity contribution in [3.05, 3.63) is 0 Å². The molecule has 0 aromatic carbocycles. The summed E-state index contributed by atoms with van der Waals surface area (Å²) in [5, 5.41) is 17.6. The summed E-state index contributed by atoms with van der Waals surface area (Å²) in [5.41, 5.74) is 5.16. The average Bonchev–Trinajstić information content (AvgIpc) is 1.85. The van der Waals surface area contributed by atoms with Crippen molar-refractivity contribution in [3.8, 4) is 0 Å². The van der Waals surface area contributed by atoms with Crippen LogP contribution >= 0.6 is 0 Å². The Balaban J connectivity index is 4.45. The number of hydrogen-bond acceptors (Lipinski definition) is 3. The largest absolute Gasteiger partial charge is 0.480 e. The summed E-state index contributed by atoms with van der Waals surface area (Å²) in [6, 6.07) is -0.929. The summed E-state index contributed by atoms with van der Waals surface area (Å²) in [5.74, 6) is -1.03. The number of aliphatic hydroxyl groups excluding tert-OH is 1. The highest BCUT2D eigenvalue weighted by Gasteiger charge is 2.34. The molecule has 4 nitrogen and oxygen atoms in total. The molecule has 12 heavy (non-hydrogen) atoms. The highest BCUT2D eigenvalue weighted by molar-refractivity contribution is 6.78. The van der Waals surface area contributed by atoms with Crippen LogP contribution in [0.25, 0.3) is 0 Å². The second kappa shape index (κ2) is 4.02. The first-order valence-electron chi connectivity index (χ1n) is 3.90. The van der Waals surface area contributed by atoms with E-state index < -0.39 is 20.1 Å². The minimum atomic E-state index is -1.67. The van der Waals surface area contributed by atoms with Crippen molar-refractivity contribution in [1.29, 1.82) is 0 Å².